The first-order valence-electron chi connectivity index (χ1n) is 5.49. The lowest BCUT2D eigenvalue weighted by molar-refractivity contribution is -0.153. The summed E-state index contributed by atoms with van der Waals surface area (Å²) in [6.45, 7) is 0. The fourth-order valence-corrected chi connectivity index (χ4v) is 2.18. The molecule has 17 heavy (non-hydrogen) atoms. The highest BCUT2D eigenvalue weighted by Crippen LogP contribution is 2.41. The second-order valence-corrected chi connectivity index (χ2v) is 4.72. The van der Waals surface area contributed by atoms with Gasteiger partial charge in [-0.1, -0.05) is 12.1 Å². The Labute approximate surface area is 99.9 Å². The van der Waals surface area contributed by atoms with Crippen molar-refractivity contribution in [3.8, 4) is 0 Å². The number of ketones is 1. The van der Waals surface area contributed by atoms with Gasteiger partial charge >= 0.3 is 5.97 Å². The topological polar surface area (TPSA) is 57.6 Å². The average molecular weight is 233 g/mol. The van der Waals surface area contributed by atoms with E-state index in [-0.39, 0.29) is 18.6 Å². The van der Waals surface area contributed by atoms with E-state index in [4.69, 9.17) is 0 Å². The molecule has 0 radical (unpaired) electrons. The zero-order chi connectivity index (χ0) is 12.6. The Kier molecular flexibility index (Phi) is 2.65. The van der Waals surface area contributed by atoms with Crippen molar-refractivity contribution in [1.29, 1.82) is 0 Å². The summed E-state index contributed by atoms with van der Waals surface area (Å²) in [6.07, 6.45) is 0.229. The van der Waals surface area contributed by atoms with Crippen LogP contribution in [-0.2, 0) is 15.0 Å². The van der Waals surface area contributed by atoms with E-state index in [1.54, 1.807) is 12.1 Å². The summed E-state index contributed by atoms with van der Waals surface area (Å²) in [7, 11) is 3.85. The van der Waals surface area contributed by atoms with Crippen LogP contribution in [0, 0.1) is 0 Å². The molecule has 1 N–H and O–H groups in total. The number of Topliss-reactive ketones (excluding diaryl/α,β-unsaturated/α-hetero) is 1. The van der Waals surface area contributed by atoms with Crippen molar-refractivity contribution in [3.05, 3.63) is 29.8 Å². The minimum absolute atomic E-state index is 0.0177. The van der Waals surface area contributed by atoms with E-state index in [1.807, 2.05) is 31.1 Å². The maximum atomic E-state index is 11.3. The van der Waals surface area contributed by atoms with Gasteiger partial charge in [0.1, 0.15) is 11.2 Å². The maximum Gasteiger partial charge on any atom is 0.315 e. The number of carboxylic acid groups (broad SMARTS) is 1. The van der Waals surface area contributed by atoms with Crippen LogP contribution in [0.1, 0.15) is 18.4 Å². The van der Waals surface area contributed by atoms with Gasteiger partial charge in [0.15, 0.2) is 0 Å². The van der Waals surface area contributed by atoms with Crippen molar-refractivity contribution >= 4 is 17.4 Å². The molecule has 2 rings (SSSR count). The van der Waals surface area contributed by atoms with Gasteiger partial charge in [-0.15, -0.1) is 0 Å². The van der Waals surface area contributed by atoms with E-state index in [1.165, 1.54) is 0 Å². The lowest BCUT2D eigenvalue weighted by Gasteiger charge is -2.36. The minimum atomic E-state index is -0.984. The van der Waals surface area contributed by atoms with Gasteiger partial charge in [-0.25, -0.2) is 0 Å². The molecular formula is C13H15NO3. The first-order chi connectivity index (χ1) is 7.95. The monoisotopic (exact) mass is 233 g/mol. The molecule has 4 nitrogen and oxygen atoms in total. The van der Waals surface area contributed by atoms with Gasteiger partial charge in [-0.05, 0) is 17.7 Å². The molecule has 1 aromatic rings. The molecule has 4 heteroatoms. The molecule has 0 amide bonds. The summed E-state index contributed by atoms with van der Waals surface area (Å²) < 4.78 is 0. The second kappa shape index (κ2) is 3.87. The highest BCUT2D eigenvalue weighted by atomic mass is 16.4. The normalized spacial score (nSPS) is 17.4. The Morgan fingerprint density at radius 2 is 1.76 bits per heavy atom. The molecule has 0 spiro atoms. The van der Waals surface area contributed by atoms with E-state index in [9.17, 15) is 14.7 Å². The van der Waals surface area contributed by atoms with Gasteiger partial charge in [0.2, 0.25) is 0 Å². The molecule has 0 heterocycles. The Hall–Kier alpha value is -1.84. The summed E-state index contributed by atoms with van der Waals surface area (Å²) in [5.41, 5.74) is 0.747. The standard InChI is InChI=1S/C13H15NO3/c1-14(2)10-5-3-9(4-6-10)13(12(16)17)7-11(15)8-13/h3-6H,7-8H2,1-2H3,(H,16,17). The summed E-state index contributed by atoms with van der Waals surface area (Å²) in [4.78, 5) is 24.3. The molecule has 0 saturated heterocycles. The number of hydrogen-bond acceptors (Lipinski definition) is 3. The van der Waals surface area contributed by atoms with Crippen molar-refractivity contribution < 1.29 is 14.7 Å². The van der Waals surface area contributed by atoms with Crippen LogP contribution >= 0.6 is 0 Å². The van der Waals surface area contributed by atoms with Crippen LogP contribution in [0.25, 0.3) is 0 Å². The van der Waals surface area contributed by atoms with Crippen LogP contribution in [0.15, 0.2) is 24.3 Å². The molecule has 0 aromatic heterocycles. The van der Waals surface area contributed by atoms with Gasteiger partial charge in [-0.2, -0.15) is 0 Å². The second-order valence-electron chi connectivity index (χ2n) is 4.72. The lowest BCUT2D eigenvalue weighted by atomic mass is 9.63. The summed E-state index contributed by atoms with van der Waals surface area (Å²) in [5.74, 6) is -0.890. The molecule has 0 aliphatic heterocycles. The van der Waals surface area contributed by atoms with Crippen molar-refractivity contribution in [3.63, 3.8) is 0 Å². The molecule has 1 aliphatic carbocycles. The lowest BCUT2D eigenvalue weighted by Crippen LogP contribution is -2.48. The third-order valence-corrected chi connectivity index (χ3v) is 3.34. The van der Waals surface area contributed by atoms with Crippen molar-refractivity contribution in [2.75, 3.05) is 19.0 Å². The zero-order valence-corrected chi connectivity index (χ0v) is 9.93. The molecule has 0 atom stereocenters. The fraction of sp³-hybridized carbons (Fsp3) is 0.385. The Balaban J connectivity index is 2.33. The van der Waals surface area contributed by atoms with Gasteiger partial charge in [0.05, 0.1) is 0 Å². The molecule has 0 unspecified atom stereocenters. The van der Waals surface area contributed by atoms with E-state index in [0.29, 0.717) is 0 Å². The largest absolute Gasteiger partial charge is 0.481 e. The molecule has 1 saturated carbocycles. The molecular weight excluding hydrogens is 218 g/mol. The first kappa shape index (κ1) is 11.6. The van der Waals surface area contributed by atoms with Crippen LogP contribution in [0.2, 0.25) is 0 Å². The highest BCUT2D eigenvalue weighted by molar-refractivity contribution is 6.01. The predicted octanol–water partition coefficient (Wildman–Crippen LogP) is 1.44. The first-order valence-corrected chi connectivity index (χ1v) is 5.49. The fourth-order valence-electron chi connectivity index (χ4n) is 2.18. The Morgan fingerprint density at radius 1 is 1.24 bits per heavy atom. The number of aliphatic carboxylic acids is 1. The zero-order valence-electron chi connectivity index (χ0n) is 9.93. The summed E-state index contributed by atoms with van der Waals surface area (Å²) in [6, 6.07) is 7.36. The molecule has 1 fully saturated rings. The minimum Gasteiger partial charge on any atom is -0.481 e. The van der Waals surface area contributed by atoms with E-state index >= 15 is 0 Å². The maximum absolute atomic E-state index is 11.3. The van der Waals surface area contributed by atoms with Crippen LogP contribution in [0.4, 0.5) is 5.69 Å². The molecule has 1 aromatic carbocycles. The van der Waals surface area contributed by atoms with Gasteiger partial charge < -0.3 is 10.0 Å². The number of benzene rings is 1. The smallest absolute Gasteiger partial charge is 0.315 e. The van der Waals surface area contributed by atoms with Gasteiger partial charge in [0.25, 0.3) is 0 Å². The van der Waals surface area contributed by atoms with Crippen molar-refractivity contribution in [2.24, 2.45) is 0 Å². The number of carboxylic acids is 1. The van der Waals surface area contributed by atoms with Gasteiger partial charge in [0, 0.05) is 32.6 Å². The summed E-state index contributed by atoms with van der Waals surface area (Å²) in [5, 5.41) is 9.27. The van der Waals surface area contributed by atoms with E-state index < -0.39 is 11.4 Å². The number of nitrogens with zero attached hydrogens (tertiary/aromatic N) is 1. The molecule has 90 valence electrons. The average Bonchev–Trinajstić information content (AvgIpc) is 2.24. The van der Waals surface area contributed by atoms with Crippen LogP contribution in [-0.4, -0.2) is 31.0 Å². The van der Waals surface area contributed by atoms with Crippen molar-refractivity contribution in [1.82, 2.24) is 0 Å². The van der Waals surface area contributed by atoms with Gasteiger partial charge in [-0.3, -0.25) is 9.59 Å². The van der Waals surface area contributed by atoms with Crippen LogP contribution in [0.5, 0.6) is 0 Å². The third-order valence-electron chi connectivity index (χ3n) is 3.34. The highest BCUT2D eigenvalue weighted by Gasteiger charge is 2.51. The quantitative estimate of drug-likeness (QED) is 0.858. The number of hydrogen-bond donors (Lipinski definition) is 1. The number of carbonyl (C=O) groups excluding carboxylic acids is 1. The van der Waals surface area contributed by atoms with E-state index in [2.05, 4.69) is 0 Å². The summed E-state index contributed by atoms with van der Waals surface area (Å²) >= 11 is 0. The molecule has 0 bridgehead atoms. The molecule has 1 aliphatic rings. The number of rotatable bonds is 3. The SMILES string of the molecule is CN(C)c1ccc(C2(C(=O)O)CC(=O)C2)cc1. The Morgan fingerprint density at radius 3 is 2.12 bits per heavy atom. The predicted molar refractivity (Wildman–Crippen MR) is 64.3 cm³/mol. The van der Waals surface area contributed by atoms with Crippen LogP contribution < -0.4 is 4.90 Å². The number of anilines is 1. The van der Waals surface area contributed by atoms with E-state index in [0.717, 1.165) is 11.3 Å². The Bertz CT molecular complexity index is 454. The number of carbonyl (C=O) groups is 2. The third kappa shape index (κ3) is 1.79. The van der Waals surface area contributed by atoms with Crippen molar-refractivity contribution in [2.45, 2.75) is 18.3 Å². The van der Waals surface area contributed by atoms with Crippen LogP contribution in [0.3, 0.4) is 0 Å².